The van der Waals surface area contributed by atoms with Crippen LogP contribution in [-0.2, 0) is 11.3 Å². The summed E-state index contributed by atoms with van der Waals surface area (Å²) >= 11 is 7.31. The lowest BCUT2D eigenvalue weighted by Gasteiger charge is -2.24. The van der Waals surface area contributed by atoms with E-state index in [4.69, 9.17) is 16.3 Å². The van der Waals surface area contributed by atoms with E-state index >= 15 is 0 Å². The lowest BCUT2D eigenvalue weighted by atomic mass is 10.1. The number of ether oxygens (including phenoxy) is 1. The average molecular weight is 514 g/mol. The molecule has 0 spiro atoms. The van der Waals surface area contributed by atoms with Gasteiger partial charge in [0.2, 0.25) is 5.91 Å². The number of likely N-dealkylation sites (tertiary alicyclic amines) is 1. The number of hydrogen-bond acceptors (Lipinski definition) is 6. The van der Waals surface area contributed by atoms with Crippen LogP contribution in [0.3, 0.4) is 0 Å². The van der Waals surface area contributed by atoms with Crippen molar-refractivity contribution in [3.63, 3.8) is 0 Å². The van der Waals surface area contributed by atoms with E-state index in [9.17, 15) is 9.59 Å². The lowest BCUT2D eigenvalue weighted by molar-refractivity contribution is -0.113. The van der Waals surface area contributed by atoms with Gasteiger partial charge in [0, 0.05) is 29.4 Å². The van der Waals surface area contributed by atoms with Crippen LogP contribution < -0.4 is 10.1 Å². The smallest absolute Gasteiger partial charge is 0.254 e. The van der Waals surface area contributed by atoms with Gasteiger partial charge in [0.05, 0.1) is 18.4 Å². The first-order valence-electron chi connectivity index (χ1n) is 11.6. The van der Waals surface area contributed by atoms with Gasteiger partial charge in [0.15, 0.2) is 11.0 Å². The third-order valence-electron chi connectivity index (χ3n) is 5.75. The molecule has 2 aromatic carbocycles. The standard InChI is InChI=1S/C25H28ClN5O3S/c1-3-30-23(21-6-5-15-31(21)24(33)17-7-9-18(26)10-8-17)28-29-25(30)35-16-22(32)27-19-11-13-20(14-12-19)34-4-2/h7-14,21H,3-6,15-16H2,1-2H3,(H,27,32). The molecule has 4 rings (SSSR count). The molecule has 1 aliphatic rings. The summed E-state index contributed by atoms with van der Waals surface area (Å²) in [5, 5.41) is 12.9. The normalized spacial score (nSPS) is 15.3. The van der Waals surface area contributed by atoms with E-state index in [1.807, 2.05) is 47.6 Å². The molecular weight excluding hydrogens is 486 g/mol. The highest BCUT2D eigenvalue weighted by molar-refractivity contribution is 7.99. The number of nitrogens with one attached hydrogen (secondary N) is 1. The first-order valence-corrected chi connectivity index (χ1v) is 13.0. The monoisotopic (exact) mass is 513 g/mol. The van der Waals surface area contributed by atoms with Crippen molar-refractivity contribution in [1.82, 2.24) is 19.7 Å². The number of nitrogens with zero attached hydrogens (tertiary/aromatic N) is 4. The average Bonchev–Trinajstić information content (AvgIpc) is 3.50. The van der Waals surface area contributed by atoms with E-state index < -0.39 is 0 Å². The summed E-state index contributed by atoms with van der Waals surface area (Å²) in [5.41, 5.74) is 1.31. The highest BCUT2D eigenvalue weighted by Gasteiger charge is 2.34. The number of amides is 2. The lowest BCUT2D eigenvalue weighted by Crippen LogP contribution is -2.32. The Morgan fingerprint density at radius 3 is 2.54 bits per heavy atom. The Kier molecular flexibility index (Phi) is 8.30. The van der Waals surface area contributed by atoms with Crippen molar-refractivity contribution in [2.45, 2.75) is 44.4 Å². The summed E-state index contributed by atoms with van der Waals surface area (Å²) in [6.07, 6.45) is 1.72. The maximum absolute atomic E-state index is 13.2. The zero-order valence-corrected chi connectivity index (χ0v) is 21.3. The number of thioether (sulfide) groups is 1. The molecular formula is C25H28ClN5O3S. The predicted molar refractivity (Wildman–Crippen MR) is 137 cm³/mol. The molecule has 0 aliphatic carbocycles. The van der Waals surface area contributed by atoms with Crippen molar-refractivity contribution < 1.29 is 14.3 Å². The van der Waals surface area contributed by atoms with Crippen molar-refractivity contribution in [1.29, 1.82) is 0 Å². The molecule has 0 saturated carbocycles. The predicted octanol–water partition coefficient (Wildman–Crippen LogP) is 5.06. The van der Waals surface area contributed by atoms with Gasteiger partial charge in [0.1, 0.15) is 5.75 Å². The van der Waals surface area contributed by atoms with Gasteiger partial charge in [-0.25, -0.2) is 0 Å². The molecule has 1 aliphatic heterocycles. The molecule has 0 radical (unpaired) electrons. The minimum Gasteiger partial charge on any atom is -0.494 e. The van der Waals surface area contributed by atoms with E-state index in [1.54, 1.807) is 24.3 Å². The summed E-state index contributed by atoms with van der Waals surface area (Å²) < 4.78 is 7.42. The zero-order chi connectivity index (χ0) is 24.8. The van der Waals surface area contributed by atoms with Gasteiger partial charge in [-0.15, -0.1) is 10.2 Å². The van der Waals surface area contributed by atoms with Gasteiger partial charge in [-0.2, -0.15) is 0 Å². The van der Waals surface area contributed by atoms with E-state index in [0.29, 0.717) is 41.1 Å². The Balaban J connectivity index is 1.41. The molecule has 2 heterocycles. The molecule has 1 aromatic heterocycles. The van der Waals surface area contributed by atoms with Crippen LogP contribution in [0.4, 0.5) is 5.69 Å². The maximum Gasteiger partial charge on any atom is 0.254 e. The van der Waals surface area contributed by atoms with Crippen LogP contribution in [0.2, 0.25) is 5.02 Å². The first kappa shape index (κ1) is 25.1. The molecule has 35 heavy (non-hydrogen) atoms. The molecule has 10 heteroatoms. The van der Waals surface area contributed by atoms with E-state index in [2.05, 4.69) is 15.5 Å². The summed E-state index contributed by atoms with van der Waals surface area (Å²) in [4.78, 5) is 27.5. The van der Waals surface area contributed by atoms with Crippen LogP contribution in [0.15, 0.2) is 53.7 Å². The third-order valence-corrected chi connectivity index (χ3v) is 6.96. The topological polar surface area (TPSA) is 89.3 Å². The molecule has 1 atom stereocenters. The summed E-state index contributed by atoms with van der Waals surface area (Å²) in [6.45, 7) is 5.84. The number of aromatic nitrogens is 3. The van der Waals surface area contributed by atoms with Gasteiger partial charge in [-0.1, -0.05) is 23.4 Å². The fourth-order valence-electron chi connectivity index (χ4n) is 4.12. The second-order valence-corrected chi connectivity index (χ2v) is 9.42. The van der Waals surface area contributed by atoms with Crippen molar-refractivity contribution in [2.24, 2.45) is 0 Å². The van der Waals surface area contributed by atoms with E-state index in [1.165, 1.54) is 11.8 Å². The Morgan fingerprint density at radius 2 is 1.86 bits per heavy atom. The SMILES string of the molecule is CCOc1ccc(NC(=O)CSc2nnc(C3CCCN3C(=O)c3ccc(Cl)cc3)n2CC)cc1. The van der Waals surface area contributed by atoms with Gasteiger partial charge in [-0.05, 0) is 75.2 Å². The van der Waals surface area contributed by atoms with Crippen molar-refractivity contribution in [3.05, 3.63) is 64.9 Å². The molecule has 1 unspecified atom stereocenters. The fourth-order valence-corrected chi connectivity index (χ4v) is 5.05. The van der Waals surface area contributed by atoms with E-state index in [-0.39, 0.29) is 23.6 Å². The maximum atomic E-state index is 13.2. The van der Waals surface area contributed by atoms with Crippen molar-refractivity contribution in [2.75, 3.05) is 24.2 Å². The number of benzene rings is 2. The quantitative estimate of drug-likeness (QED) is 0.402. The highest BCUT2D eigenvalue weighted by atomic mass is 35.5. The number of halogens is 1. The number of carbonyl (C=O) groups is 2. The van der Waals surface area contributed by atoms with Crippen LogP contribution in [0.1, 0.15) is 48.9 Å². The molecule has 2 amide bonds. The largest absolute Gasteiger partial charge is 0.494 e. The summed E-state index contributed by atoms with van der Waals surface area (Å²) in [7, 11) is 0. The fraction of sp³-hybridized carbons (Fsp3) is 0.360. The second kappa shape index (κ2) is 11.6. The molecule has 3 aromatic rings. The zero-order valence-electron chi connectivity index (χ0n) is 19.7. The van der Waals surface area contributed by atoms with Gasteiger partial charge in [0.25, 0.3) is 5.91 Å². The first-order chi connectivity index (χ1) is 17.0. The summed E-state index contributed by atoms with van der Waals surface area (Å²) in [5.74, 6) is 1.54. The number of rotatable bonds is 9. The molecule has 1 fully saturated rings. The number of hydrogen-bond donors (Lipinski definition) is 1. The van der Waals surface area contributed by atoms with Crippen LogP contribution >= 0.6 is 23.4 Å². The second-order valence-electron chi connectivity index (χ2n) is 8.04. The third kappa shape index (κ3) is 5.97. The molecule has 1 N–H and O–H groups in total. The Labute approximate surface area is 214 Å². The van der Waals surface area contributed by atoms with Gasteiger partial charge >= 0.3 is 0 Å². The highest BCUT2D eigenvalue weighted by Crippen LogP contribution is 2.34. The van der Waals surface area contributed by atoms with Crippen LogP contribution in [0.5, 0.6) is 5.75 Å². The minimum absolute atomic E-state index is 0.0428. The van der Waals surface area contributed by atoms with Crippen molar-refractivity contribution in [3.8, 4) is 5.75 Å². The van der Waals surface area contributed by atoms with Crippen molar-refractivity contribution >= 4 is 40.9 Å². The number of carbonyl (C=O) groups excluding carboxylic acids is 2. The molecule has 0 bridgehead atoms. The molecule has 184 valence electrons. The molecule has 1 saturated heterocycles. The van der Waals surface area contributed by atoms with Crippen LogP contribution in [0, 0.1) is 0 Å². The number of anilines is 1. The summed E-state index contributed by atoms with van der Waals surface area (Å²) in [6, 6.07) is 14.1. The van der Waals surface area contributed by atoms with Gasteiger partial charge in [-0.3, -0.25) is 9.59 Å². The van der Waals surface area contributed by atoms with Crippen LogP contribution in [-0.4, -0.2) is 50.4 Å². The molecule has 8 nitrogen and oxygen atoms in total. The van der Waals surface area contributed by atoms with Gasteiger partial charge < -0.3 is 19.5 Å². The Morgan fingerprint density at radius 1 is 1.11 bits per heavy atom. The minimum atomic E-state index is -0.155. The van der Waals surface area contributed by atoms with Crippen LogP contribution in [0.25, 0.3) is 0 Å². The Hall–Kier alpha value is -3.04. The Bertz CT molecular complexity index is 1170. The van der Waals surface area contributed by atoms with E-state index in [0.717, 1.165) is 24.4 Å².